The van der Waals surface area contributed by atoms with Gasteiger partial charge in [0.25, 0.3) is 5.91 Å². The van der Waals surface area contributed by atoms with Gasteiger partial charge in [-0.1, -0.05) is 0 Å². The molecule has 1 aromatic heterocycles. The zero-order chi connectivity index (χ0) is 12.5. The van der Waals surface area contributed by atoms with Crippen molar-refractivity contribution >= 4 is 21.8 Å². The van der Waals surface area contributed by atoms with E-state index in [1.165, 1.54) is 0 Å². The van der Waals surface area contributed by atoms with Gasteiger partial charge in [-0.25, -0.2) is 0 Å². The average Bonchev–Trinajstić information content (AvgIpc) is 2.83. The van der Waals surface area contributed by atoms with Crippen LogP contribution in [0.5, 0.6) is 0 Å². The molecule has 1 aliphatic rings. The Bertz CT molecular complexity index is 422. The molecule has 1 atom stereocenters. The van der Waals surface area contributed by atoms with Crippen LogP contribution in [0.3, 0.4) is 0 Å². The standard InChI is InChI=1S/C12H17BrN2O2/c1-12(4-3-5-17-12)8-14-11(16)10-6-9(13)7-15(10)2/h6-7H,3-5,8H2,1-2H3,(H,14,16). The van der Waals surface area contributed by atoms with Gasteiger partial charge in [-0.2, -0.15) is 0 Å². The number of amides is 1. The summed E-state index contributed by atoms with van der Waals surface area (Å²) in [5, 5.41) is 2.93. The largest absolute Gasteiger partial charge is 0.373 e. The molecule has 0 bridgehead atoms. The second-order valence-corrected chi connectivity index (χ2v) is 5.65. The summed E-state index contributed by atoms with van der Waals surface area (Å²) < 4.78 is 8.34. The number of aromatic nitrogens is 1. The van der Waals surface area contributed by atoms with Gasteiger partial charge in [0.05, 0.1) is 5.60 Å². The third-order valence-corrected chi connectivity index (χ3v) is 3.56. The van der Waals surface area contributed by atoms with E-state index in [9.17, 15) is 4.79 Å². The molecule has 1 unspecified atom stereocenters. The van der Waals surface area contributed by atoms with Crippen LogP contribution in [0.25, 0.3) is 0 Å². The lowest BCUT2D eigenvalue weighted by atomic mass is 10.0. The Morgan fingerprint density at radius 3 is 3.00 bits per heavy atom. The number of nitrogens with zero attached hydrogens (tertiary/aromatic N) is 1. The van der Waals surface area contributed by atoms with Crippen LogP contribution in [0.4, 0.5) is 0 Å². The fourth-order valence-electron chi connectivity index (χ4n) is 2.08. The predicted molar refractivity (Wildman–Crippen MR) is 69.0 cm³/mol. The van der Waals surface area contributed by atoms with Crippen molar-refractivity contribution in [3.8, 4) is 0 Å². The maximum atomic E-state index is 12.0. The second kappa shape index (κ2) is 4.82. The normalized spacial score (nSPS) is 23.9. The van der Waals surface area contributed by atoms with Crippen LogP contribution in [0.2, 0.25) is 0 Å². The van der Waals surface area contributed by atoms with Crippen molar-refractivity contribution < 1.29 is 9.53 Å². The number of hydrogen-bond donors (Lipinski definition) is 1. The van der Waals surface area contributed by atoms with Crippen LogP contribution in [0, 0.1) is 0 Å². The molecule has 5 heteroatoms. The Kier molecular flexibility index (Phi) is 3.58. The van der Waals surface area contributed by atoms with E-state index in [4.69, 9.17) is 4.74 Å². The molecule has 17 heavy (non-hydrogen) atoms. The van der Waals surface area contributed by atoms with E-state index in [1.54, 1.807) is 4.57 Å². The van der Waals surface area contributed by atoms with Crippen LogP contribution < -0.4 is 5.32 Å². The molecule has 1 aromatic rings. The van der Waals surface area contributed by atoms with Crippen LogP contribution in [0.1, 0.15) is 30.3 Å². The smallest absolute Gasteiger partial charge is 0.268 e. The van der Waals surface area contributed by atoms with Gasteiger partial charge in [-0.15, -0.1) is 0 Å². The van der Waals surface area contributed by atoms with Crippen LogP contribution >= 0.6 is 15.9 Å². The van der Waals surface area contributed by atoms with E-state index in [-0.39, 0.29) is 11.5 Å². The van der Waals surface area contributed by atoms with Crippen molar-refractivity contribution in [2.24, 2.45) is 7.05 Å². The van der Waals surface area contributed by atoms with Gasteiger partial charge in [0.1, 0.15) is 5.69 Å². The number of carbonyl (C=O) groups excluding carboxylic acids is 1. The highest BCUT2D eigenvalue weighted by Gasteiger charge is 2.30. The Morgan fingerprint density at radius 2 is 2.47 bits per heavy atom. The van der Waals surface area contributed by atoms with E-state index in [0.29, 0.717) is 12.2 Å². The zero-order valence-electron chi connectivity index (χ0n) is 10.1. The van der Waals surface area contributed by atoms with Gasteiger partial charge in [0, 0.05) is 30.9 Å². The first-order chi connectivity index (χ1) is 8.00. The minimum absolute atomic E-state index is 0.0603. The molecule has 0 spiro atoms. The van der Waals surface area contributed by atoms with Crippen molar-refractivity contribution in [3.63, 3.8) is 0 Å². The fourth-order valence-corrected chi connectivity index (χ4v) is 2.61. The summed E-state index contributed by atoms with van der Waals surface area (Å²) in [6.07, 6.45) is 3.94. The molecular formula is C12H17BrN2O2. The molecule has 2 rings (SSSR count). The molecular weight excluding hydrogens is 284 g/mol. The lowest BCUT2D eigenvalue weighted by Crippen LogP contribution is -2.40. The maximum Gasteiger partial charge on any atom is 0.268 e. The van der Waals surface area contributed by atoms with Crippen molar-refractivity contribution in [1.82, 2.24) is 9.88 Å². The number of nitrogens with one attached hydrogen (secondary N) is 1. The van der Waals surface area contributed by atoms with E-state index in [0.717, 1.165) is 23.9 Å². The lowest BCUT2D eigenvalue weighted by Gasteiger charge is -2.23. The zero-order valence-corrected chi connectivity index (χ0v) is 11.7. The molecule has 1 N–H and O–H groups in total. The Labute approximate surface area is 109 Å². The number of carbonyl (C=O) groups is 1. The minimum Gasteiger partial charge on any atom is -0.373 e. The lowest BCUT2D eigenvalue weighted by molar-refractivity contribution is 0.0205. The molecule has 4 nitrogen and oxygen atoms in total. The topological polar surface area (TPSA) is 43.3 Å². The summed E-state index contributed by atoms with van der Waals surface area (Å²) in [5.74, 6) is -0.0603. The van der Waals surface area contributed by atoms with Crippen LogP contribution in [-0.2, 0) is 11.8 Å². The van der Waals surface area contributed by atoms with Crippen molar-refractivity contribution in [1.29, 1.82) is 0 Å². The molecule has 0 saturated carbocycles. The first-order valence-electron chi connectivity index (χ1n) is 5.74. The Hall–Kier alpha value is -0.810. The Morgan fingerprint density at radius 1 is 1.71 bits per heavy atom. The molecule has 0 aliphatic carbocycles. The number of halogens is 1. The van der Waals surface area contributed by atoms with Crippen molar-refractivity contribution in [3.05, 3.63) is 22.4 Å². The van der Waals surface area contributed by atoms with Crippen molar-refractivity contribution in [2.75, 3.05) is 13.2 Å². The van der Waals surface area contributed by atoms with Gasteiger partial charge in [0.15, 0.2) is 0 Å². The summed E-state index contributed by atoms with van der Waals surface area (Å²) in [5.41, 5.74) is 0.455. The van der Waals surface area contributed by atoms with Crippen LogP contribution in [-0.4, -0.2) is 29.2 Å². The van der Waals surface area contributed by atoms with Gasteiger partial charge in [-0.3, -0.25) is 4.79 Å². The molecule has 1 amide bonds. The molecule has 1 fully saturated rings. The molecule has 94 valence electrons. The van der Waals surface area contributed by atoms with Crippen LogP contribution in [0.15, 0.2) is 16.7 Å². The number of aryl methyl sites for hydroxylation is 1. The van der Waals surface area contributed by atoms with E-state index in [1.807, 2.05) is 26.2 Å². The SMILES string of the molecule is Cn1cc(Br)cc1C(=O)NCC1(C)CCCO1. The maximum absolute atomic E-state index is 12.0. The highest BCUT2D eigenvalue weighted by molar-refractivity contribution is 9.10. The first-order valence-corrected chi connectivity index (χ1v) is 6.53. The van der Waals surface area contributed by atoms with E-state index >= 15 is 0 Å². The summed E-state index contributed by atoms with van der Waals surface area (Å²) in [4.78, 5) is 12.0. The summed E-state index contributed by atoms with van der Waals surface area (Å²) in [6, 6.07) is 1.81. The molecule has 0 aromatic carbocycles. The summed E-state index contributed by atoms with van der Waals surface area (Å²) >= 11 is 3.35. The second-order valence-electron chi connectivity index (χ2n) is 4.74. The molecule has 2 heterocycles. The predicted octanol–water partition coefficient (Wildman–Crippen LogP) is 2.09. The molecule has 1 saturated heterocycles. The molecule has 1 aliphatic heterocycles. The van der Waals surface area contributed by atoms with Gasteiger partial charge < -0.3 is 14.6 Å². The average molecular weight is 301 g/mol. The monoisotopic (exact) mass is 300 g/mol. The molecule has 0 radical (unpaired) electrons. The van der Waals surface area contributed by atoms with Gasteiger partial charge >= 0.3 is 0 Å². The van der Waals surface area contributed by atoms with Gasteiger partial charge in [0.2, 0.25) is 0 Å². The highest BCUT2D eigenvalue weighted by atomic mass is 79.9. The first kappa shape index (κ1) is 12.6. The number of ether oxygens (including phenoxy) is 1. The minimum atomic E-state index is -0.196. The number of hydrogen-bond acceptors (Lipinski definition) is 2. The Balaban J connectivity index is 1.95. The third kappa shape index (κ3) is 2.90. The summed E-state index contributed by atoms with van der Waals surface area (Å²) in [6.45, 7) is 3.40. The van der Waals surface area contributed by atoms with E-state index < -0.39 is 0 Å². The van der Waals surface area contributed by atoms with E-state index in [2.05, 4.69) is 21.2 Å². The van der Waals surface area contributed by atoms with Crippen molar-refractivity contribution in [2.45, 2.75) is 25.4 Å². The third-order valence-electron chi connectivity index (χ3n) is 3.13. The fraction of sp³-hybridized carbons (Fsp3) is 0.583. The number of rotatable bonds is 3. The van der Waals surface area contributed by atoms with Gasteiger partial charge in [-0.05, 0) is 41.8 Å². The summed E-state index contributed by atoms with van der Waals surface area (Å²) in [7, 11) is 1.85. The highest BCUT2D eigenvalue weighted by Crippen LogP contribution is 2.24. The quantitative estimate of drug-likeness (QED) is 0.929.